The van der Waals surface area contributed by atoms with Gasteiger partial charge in [-0.3, -0.25) is 9.69 Å². The number of rotatable bonds is 8. The van der Waals surface area contributed by atoms with Crippen LogP contribution in [-0.4, -0.2) is 29.6 Å². The number of hydrogen-bond donors (Lipinski definition) is 1. The van der Waals surface area contributed by atoms with Crippen LogP contribution in [0.5, 0.6) is 0 Å². The van der Waals surface area contributed by atoms with Gasteiger partial charge in [0.05, 0.1) is 24.2 Å². The van der Waals surface area contributed by atoms with Gasteiger partial charge in [-0.1, -0.05) is 50.2 Å². The minimum atomic E-state index is -4.85. The lowest BCUT2D eigenvalue weighted by atomic mass is 9.95. The summed E-state index contributed by atoms with van der Waals surface area (Å²) in [5.41, 5.74) is 4.70. The van der Waals surface area contributed by atoms with Gasteiger partial charge in [-0.25, -0.2) is 0 Å². The number of nitriles is 1. The monoisotopic (exact) mass is 471 g/mol. The van der Waals surface area contributed by atoms with Crippen LogP contribution in [-0.2, 0) is 11.0 Å². The average Bonchev–Trinajstić information content (AvgIpc) is 2.70. The molecule has 0 unspecified atom stereocenters. The van der Waals surface area contributed by atoms with E-state index in [0.717, 1.165) is 29.2 Å². The fourth-order valence-corrected chi connectivity index (χ4v) is 3.63. The number of alkyl halides is 6. The predicted octanol–water partition coefficient (Wildman–Crippen LogP) is 5.70. The highest BCUT2D eigenvalue weighted by Crippen LogP contribution is 2.40. The van der Waals surface area contributed by atoms with E-state index in [1.54, 1.807) is 19.9 Å². The summed E-state index contributed by atoms with van der Waals surface area (Å²) in [6.07, 6.45) is -9.39. The molecule has 0 saturated carbocycles. The number of primary amides is 1. The van der Waals surface area contributed by atoms with Gasteiger partial charge in [0.25, 0.3) is 0 Å². The first-order valence-corrected chi connectivity index (χ1v) is 10.0. The minimum absolute atomic E-state index is 0.0198. The van der Waals surface area contributed by atoms with Crippen molar-refractivity contribution in [3.63, 3.8) is 0 Å². The first-order valence-electron chi connectivity index (χ1n) is 10.0. The molecule has 2 aromatic rings. The Labute approximate surface area is 187 Å². The highest BCUT2D eigenvalue weighted by atomic mass is 19.4. The van der Waals surface area contributed by atoms with E-state index in [1.807, 2.05) is 0 Å². The van der Waals surface area contributed by atoms with E-state index in [2.05, 4.69) is 0 Å². The van der Waals surface area contributed by atoms with Crippen molar-refractivity contribution in [3.05, 3.63) is 59.7 Å². The Bertz CT molecular complexity index is 993. The third kappa shape index (κ3) is 6.71. The molecule has 0 aliphatic heterocycles. The summed E-state index contributed by atoms with van der Waals surface area (Å²) in [6.45, 7) is 2.74. The highest BCUT2D eigenvalue weighted by Gasteiger charge is 2.48. The molecule has 178 valence electrons. The summed E-state index contributed by atoms with van der Waals surface area (Å²) in [5, 5.41) is 9.14. The first kappa shape index (κ1) is 26.2. The molecular weight excluding hydrogens is 448 g/mol. The van der Waals surface area contributed by atoms with Crippen LogP contribution in [0.1, 0.15) is 37.4 Å². The quantitative estimate of drug-likeness (QED) is 0.397. The molecule has 0 bridgehead atoms. The molecule has 4 nitrogen and oxygen atoms in total. The topological polar surface area (TPSA) is 70.1 Å². The summed E-state index contributed by atoms with van der Waals surface area (Å²) < 4.78 is 81.3. The Morgan fingerprint density at radius 3 is 2.09 bits per heavy atom. The Balaban J connectivity index is 2.51. The maximum Gasteiger partial charge on any atom is 0.416 e. The second-order valence-electron chi connectivity index (χ2n) is 8.02. The Hall–Kier alpha value is -3.06. The molecule has 0 spiro atoms. The number of carbonyl (C=O) groups excluding carboxylic acids is 1. The number of nitrogens with two attached hydrogens (primary N) is 1. The van der Waals surface area contributed by atoms with Crippen molar-refractivity contribution in [2.24, 2.45) is 11.7 Å². The number of carbonyl (C=O) groups is 1. The summed E-state index contributed by atoms with van der Waals surface area (Å²) in [4.78, 5) is 12.7. The molecule has 0 fully saturated rings. The molecule has 2 N–H and O–H groups in total. The van der Waals surface area contributed by atoms with Crippen LogP contribution in [0.4, 0.5) is 26.3 Å². The third-order valence-corrected chi connectivity index (χ3v) is 5.07. The van der Waals surface area contributed by atoms with Crippen LogP contribution in [0.2, 0.25) is 0 Å². The van der Waals surface area contributed by atoms with Crippen LogP contribution in [0.25, 0.3) is 11.1 Å². The molecule has 0 aromatic heterocycles. The van der Waals surface area contributed by atoms with E-state index in [0.29, 0.717) is 0 Å². The van der Waals surface area contributed by atoms with Gasteiger partial charge in [-0.2, -0.15) is 31.6 Å². The van der Waals surface area contributed by atoms with Crippen molar-refractivity contribution in [1.82, 2.24) is 4.90 Å². The van der Waals surface area contributed by atoms with Crippen molar-refractivity contribution in [3.8, 4) is 17.2 Å². The Kier molecular flexibility index (Phi) is 8.14. The maximum absolute atomic E-state index is 14.1. The zero-order valence-corrected chi connectivity index (χ0v) is 17.9. The van der Waals surface area contributed by atoms with Crippen molar-refractivity contribution < 1.29 is 31.1 Å². The molecule has 0 heterocycles. The van der Waals surface area contributed by atoms with Gasteiger partial charge >= 0.3 is 12.4 Å². The molecule has 2 rings (SSSR count). The van der Waals surface area contributed by atoms with Crippen molar-refractivity contribution in [2.75, 3.05) is 6.54 Å². The standard InChI is InChI=1S/C23H23F6N3O/c1-14(2)12-19(21(31)33)32(11-10-30)20(23(27,28)29)16-8-6-15(7-9-16)17-4-3-5-18(13-17)22(24,25)26/h3-9,13-14,19-20H,11-12H2,1-2H3,(H2,31,33)/t19-,20-/m0/s1. The lowest BCUT2D eigenvalue weighted by molar-refractivity contribution is -0.192. The van der Waals surface area contributed by atoms with Gasteiger partial charge in [0.1, 0.15) is 6.04 Å². The predicted molar refractivity (Wildman–Crippen MR) is 110 cm³/mol. The maximum atomic E-state index is 14.1. The second kappa shape index (κ2) is 10.3. The first-order chi connectivity index (χ1) is 15.3. The molecule has 0 aliphatic carbocycles. The number of halogens is 6. The molecular formula is C23H23F6N3O. The van der Waals surface area contributed by atoms with E-state index in [4.69, 9.17) is 11.0 Å². The van der Waals surface area contributed by atoms with Gasteiger partial charge in [0, 0.05) is 0 Å². The van der Waals surface area contributed by atoms with Crippen LogP contribution in [0, 0.1) is 17.2 Å². The van der Waals surface area contributed by atoms with Gasteiger partial charge in [0.15, 0.2) is 0 Å². The smallest absolute Gasteiger partial charge is 0.368 e. The van der Waals surface area contributed by atoms with E-state index in [-0.39, 0.29) is 29.0 Å². The van der Waals surface area contributed by atoms with E-state index >= 15 is 0 Å². The van der Waals surface area contributed by atoms with E-state index in [1.165, 1.54) is 24.3 Å². The summed E-state index contributed by atoms with van der Waals surface area (Å²) in [7, 11) is 0. The highest BCUT2D eigenvalue weighted by molar-refractivity contribution is 5.80. The lowest BCUT2D eigenvalue weighted by Gasteiger charge is -2.37. The van der Waals surface area contributed by atoms with E-state index < -0.39 is 42.5 Å². The number of nitrogens with zero attached hydrogens (tertiary/aromatic N) is 2. The summed E-state index contributed by atoms with van der Waals surface area (Å²) >= 11 is 0. The van der Waals surface area contributed by atoms with Gasteiger partial charge in [-0.05, 0) is 41.2 Å². The minimum Gasteiger partial charge on any atom is -0.368 e. The van der Waals surface area contributed by atoms with Crippen LogP contribution in [0.3, 0.4) is 0 Å². The number of amides is 1. The normalized spacial score (nSPS) is 14.2. The number of hydrogen-bond acceptors (Lipinski definition) is 3. The third-order valence-electron chi connectivity index (χ3n) is 5.07. The lowest BCUT2D eigenvalue weighted by Crippen LogP contribution is -2.51. The average molecular weight is 471 g/mol. The molecule has 33 heavy (non-hydrogen) atoms. The van der Waals surface area contributed by atoms with Crippen molar-refractivity contribution in [1.29, 1.82) is 5.26 Å². The Morgan fingerprint density at radius 1 is 1.03 bits per heavy atom. The molecule has 1 amide bonds. The van der Waals surface area contributed by atoms with E-state index in [9.17, 15) is 31.1 Å². The molecule has 0 aliphatic rings. The summed E-state index contributed by atoms with van der Waals surface area (Å²) in [5.74, 6) is -1.14. The molecule has 0 saturated heterocycles. The zero-order chi connectivity index (χ0) is 25.0. The Morgan fingerprint density at radius 2 is 1.64 bits per heavy atom. The summed E-state index contributed by atoms with van der Waals surface area (Å²) in [6, 6.07) is 7.27. The molecule has 2 atom stereocenters. The van der Waals surface area contributed by atoms with Crippen molar-refractivity contribution in [2.45, 2.75) is 44.7 Å². The molecule has 10 heteroatoms. The number of benzene rings is 2. The molecule has 2 aromatic carbocycles. The fraction of sp³-hybridized carbons (Fsp3) is 0.391. The van der Waals surface area contributed by atoms with Crippen molar-refractivity contribution >= 4 is 5.91 Å². The van der Waals surface area contributed by atoms with Crippen LogP contribution < -0.4 is 5.73 Å². The molecule has 0 radical (unpaired) electrons. The SMILES string of the molecule is CC(C)C[C@@H](C(N)=O)N(CC#N)[C@@H](c1ccc(-c2cccc(C(F)(F)F)c2)cc1)C(F)(F)F. The van der Waals surface area contributed by atoms with Gasteiger partial charge < -0.3 is 5.73 Å². The second-order valence-corrected chi connectivity index (χ2v) is 8.02. The van der Waals surface area contributed by atoms with Gasteiger partial charge in [0.2, 0.25) is 5.91 Å². The fourth-order valence-electron chi connectivity index (χ4n) is 3.63. The van der Waals surface area contributed by atoms with Gasteiger partial charge in [-0.15, -0.1) is 0 Å². The largest absolute Gasteiger partial charge is 0.416 e. The zero-order valence-electron chi connectivity index (χ0n) is 17.9. The van der Waals surface area contributed by atoms with Crippen LogP contribution in [0.15, 0.2) is 48.5 Å². The van der Waals surface area contributed by atoms with Crippen LogP contribution >= 0.6 is 0 Å².